The molecule has 8 heteroatoms. The van der Waals surface area contributed by atoms with Crippen molar-refractivity contribution in [2.75, 3.05) is 38.1 Å². The third kappa shape index (κ3) is 3.11. The van der Waals surface area contributed by atoms with Gasteiger partial charge in [-0.25, -0.2) is 0 Å². The molecule has 4 rings (SSSR count). The normalized spacial score (nSPS) is 16.0. The number of fused-ring (bicyclic) bond motifs is 1. The first kappa shape index (κ1) is 17.7. The van der Waals surface area contributed by atoms with Gasteiger partial charge in [-0.15, -0.1) is 0 Å². The molecular weight excluding hydrogens is 364 g/mol. The minimum Gasteiger partial charge on any atom is -0.369 e. The van der Waals surface area contributed by atoms with Crippen molar-refractivity contribution in [3.63, 3.8) is 0 Å². The van der Waals surface area contributed by atoms with Crippen LogP contribution in [0.2, 0.25) is 0 Å². The number of benzene rings is 2. The number of piperazine rings is 1. The van der Waals surface area contributed by atoms with Crippen LogP contribution < -0.4 is 4.90 Å². The summed E-state index contributed by atoms with van der Waals surface area (Å²) in [6.07, 6.45) is 0.592. The van der Waals surface area contributed by atoms with Gasteiger partial charge in [-0.05, 0) is 37.4 Å². The van der Waals surface area contributed by atoms with Gasteiger partial charge >= 0.3 is 0 Å². The van der Waals surface area contributed by atoms with Crippen LogP contribution in [0.3, 0.4) is 0 Å². The Morgan fingerprint density at radius 2 is 1.70 bits per heavy atom. The Kier molecular flexibility index (Phi) is 4.45. The van der Waals surface area contributed by atoms with Crippen molar-refractivity contribution in [2.24, 2.45) is 0 Å². The van der Waals surface area contributed by atoms with Gasteiger partial charge in [-0.1, -0.05) is 18.2 Å². The van der Waals surface area contributed by atoms with Crippen molar-refractivity contribution in [3.8, 4) is 0 Å². The van der Waals surface area contributed by atoms with E-state index in [0.717, 1.165) is 36.0 Å². The molecule has 0 atom stereocenters. The molecule has 0 N–H and O–H groups in total. The molecule has 1 saturated heterocycles. The highest BCUT2D eigenvalue weighted by molar-refractivity contribution is 7.90. The van der Waals surface area contributed by atoms with Gasteiger partial charge in [0.05, 0.1) is 10.4 Å². The predicted octanol–water partition coefficient (Wildman–Crippen LogP) is 1.84. The topological polar surface area (TPSA) is 75.5 Å². The summed E-state index contributed by atoms with van der Waals surface area (Å²) in [5.74, 6) is 0. The zero-order valence-corrected chi connectivity index (χ0v) is 15.8. The third-order valence-corrected chi connectivity index (χ3v) is 6.51. The fraction of sp³-hybridized carbons (Fsp3) is 0.263. The SMILES string of the molecule is CN1CCN(c2ccc3c(C=O)nn(S(=O)(=O)c4ccccc4)c3c2)CC1. The van der Waals surface area contributed by atoms with Gasteiger partial charge < -0.3 is 9.80 Å². The third-order valence-electron chi connectivity index (χ3n) is 4.91. The Bertz CT molecular complexity index is 1080. The molecule has 7 nitrogen and oxygen atoms in total. The van der Waals surface area contributed by atoms with Crippen LogP contribution in [-0.4, -0.2) is 62.0 Å². The number of rotatable bonds is 4. The molecule has 27 heavy (non-hydrogen) atoms. The highest BCUT2D eigenvalue weighted by Crippen LogP contribution is 2.27. The Morgan fingerprint density at radius 1 is 1.00 bits per heavy atom. The zero-order chi connectivity index (χ0) is 19.0. The minimum absolute atomic E-state index is 0.120. The number of hydrogen-bond donors (Lipinski definition) is 0. The molecule has 0 spiro atoms. The minimum atomic E-state index is -3.89. The van der Waals surface area contributed by atoms with Crippen molar-refractivity contribution >= 4 is 32.9 Å². The smallest absolute Gasteiger partial charge is 0.283 e. The average Bonchev–Trinajstić information content (AvgIpc) is 3.08. The van der Waals surface area contributed by atoms with E-state index in [-0.39, 0.29) is 10.6 Å². The summed E-state index contributed by atoms with van der Waals surface area (Å²) in [5.41, 5.74) is 1.46. The molecule has 3 aromatic rings. The lowest BCUT2D eigenvalue weighted by Gasteiger charge is -2.34. The van der Waals surface area contributed by atoms with Crippen LogP contribution in [0.15, 0.2) is 53.4 Å². The van der Waals surface area contributed by atoms with E-state index in [2.05, 4.69) is 21.9 Å². The molecule has 0 radical (unpaired) electrons. The highest BCUT2D eigenvalue weighted by atomic mass is 32.2. The van der Waals surface area contributed by atoms with Crippen LogP contribution in [0.1, 0.15) is 10.5 Å². The maximum absolute atomic E-state index is 13.1. The second-order valence-corrected chi connectivity index (χ2v) is 8.42. The lowest BCUT2D eigenvalue weighted by molar-refractivity contribution is 0.112. The van der Waals surface area contributed by atoms with E-state index in [0.29, 0.717) is 17.2 Å². The number of hydrogen-bond acceptors (Lipinski definition) is 6. The van der Waals surface area contributed by atoms with Crippen LogP contribution >= 0.6 is 0 Å². The molecule has 1 aliphatic heterocycles. The van der Waals surface area contributed by atoms with Crippen LogP contribution in [0.4, 0.5) is 5.69 Å². The van der Waals surface area contributed by atoms with Crippen LogP contribution in [0.25, 0.3) is 10.9 Å². The van der Waals surface area contributed by atoms with Crippen LogP contribution in [0, 0.1) is 0 Å². The van der Waals surface area contributed by atoms with E-state index in [9.17, 15) is 13.2 Å². The van der Waals surface area contributed by atoms with Crippen molar-refractivity contribution in [1.82, 2.24) is 14.1 Å². The number of anilines is 1. The Labute approximate surface area is 157 Å². The summed E-state index contributed by atoms with van der Waals surface area (Å²) >= 11 is 0. The van der Waals surface area contributed by atoms with Crippen molar-refractivity contribution in [3.05, 3.63) is 54.2 Å². The molecule has 0 bridgehead atoms. The van der Waals surface area contributed by atoms with Gasteiger partial charge in [-0.2, -0.15) is 17.6 Å². The van der Waals surface area contributed by atoms with E-state index in [1.807, 2.05) is 6.07 Å². The molecular formula is C19H20N4O3S. The number of likely N-dealkylation sites (N-methyl/N-ethyl adjacent to an activating group) is 1. The van der Waals surface area contributed by atoms with Gasteiger partial charge in [0.1, 0.15) is 5.69 Å². The van der Waals surface area contributed by atoms with Crippen molar-refractivity contribution < 1.29 is 13.2 Å². The molecule has 0 aliphatic carbocycles. The maximum atomic E-state index is 13.1. The molecule has 1 aliphatic rings. The molecule has 0 unspecified atom stereocenters. The van der Waals surface area contributed by atoms with Gasteiger partial charge in [-0.3, -0.25) is 4.79 Å². The summed E-state index contributed by atoms with van der Waals surface area (Å²) in [6.45, 7) is 3.61. The van der Waals surface area contributed by atoms with E-state index in [1.165, 1.54) is 12.1 Å². The van der Waals surface area contributed by atoms with E-state index in [4.69, 9.17) is 0 Å². The van der Waals surface area contributed by atoms with E-state index < -0.39 is 10.0 Å². The average molecular weight is 384 g/mol. The summed E-state index contributed by atoms with van der Waals surface area (Å²) < 4.78 is 27.1. The number of aldehydes is 1. The summed E-state index contributed by atoms with van der Waals surface area (Å²) in [7, 11) is -1.81. The fourth-order valence-electron chi connectivity index (χ4n) is 3.32. The zero-order valence-electron chi connectivity index (χ0n) is 14.9. The Morgan fingerprint density at radius 3 is 2.37 bits per heavy atom. The largest absolute Gasteiger partial charge is 0.369 e. The second-order valence-electron chi connectivity index (χ2n) is 6.66. The number of carbonyl (C=O) groups is 1. The standard InChI is InChI=1S/C19H20N4O3S/c1-21-9-11-22(12-10-21)15-7-8-17-18(14-24)20-23(19(17)13-15)27(25,26)16-5-3-2-4-6-16/h2-8,13-14H,9-12H2,1H3. The first-order valence-electron chi connectivity index (χ1n) is 8.73. The van der Waals surface area contributed by atoms with Gasteiger partial charge in [0.25, 0.3) is 10.0 Å². The number of aromatic nitrogens is 2. The monoisotopic (exact) mass is 384 g/mol. The molecule has 1 aromatic heterocycles. The quantitative estimate of drug-likeness (QED) is 0.639. The maximum Gasteiger partial charge on any atom is 0.283 e. The van der Waals surface area contributed by atoms with Crippen LogP contribution in [0.5, 0.6) is 0 Å². The fourth-order valence-corrected chi connectivity index (χ4v) is 4.63. The van der Waals surface area contributed by atoms with Gasteiger partial charge in [0.2, 0.25) is 0 Å². The van der Waals surface area contributed by atoms with Gasteiger partial charge in [0.15, 0.2) is 6.29 Å². The lowest BCUT2D eigenvalue weighted by atomic mass is 10.1. The molecule has 0 amide bonds. The van der Waals surface area contributed by atoms with E-state index >= 15 is 0 Å². The first-order chi connectivity index (χ1) is 13.0. The summed E-state index contributed by atoms with van der Waals surface area (Å²) in [4.78, 5) is 16.0. The summed E-state index contributed by atoms with van der Waals surface area (Å²) in [6, 6.07) is 13.6. The molecule has 1 fully saturated rings. The van der Waals surface area contributed by atoms with Crippen molar-refractivity contribution in [1.29, 1.82) is 0 Å². The predicted molar refractivity (Wildman–Crippen MR) is 104 cm³/mol. The molecule has 0 saturated carbocycles. The Hall–Kier alpha value is -2.71. The first-order valence-corrected chi connectivity index (χ1v) is 10.2. The van der Waals surface area contributed by atoms with E-state index in [1.54, 1.807) is 30.3 Å². The number of carbonyl (C=O) groups excluding carboxylic acids is 1. The molecule has 2 heterocycles. The molecule has 140 valence electrons. The lowest BCUT2D eigenvalue weighted by Crippen LogP contribution is -2.44. The van der Waals surface area contributed by atoms with Crippen LogP contribution in [-0.2, 0) is 10.0 Å². The summed E-state index contributed by atoms with van der Waals surface area (Å²) in [5, 5.41) is 4.62. The Balaban J connectivity index is 1.85. The highest BCUT2D eigenvalue weighted by Gasteiger charge is 2.24. The van der Waals surface area contributed by atoms with Crippen molar-refractivity contribution in [2.45, 2.75) is 4.90 Å². The second kappa shape index (κ2) is 6.79. The van der Waals surface area contributed by atoms with Gasteiger partial charge in [0, 0.05) is 37.3 Å². The number of nitrogens with zero attached hydrogens (tertiary/aromatic N) is 4. The molecule has 2 aromatic carbocycles.